The molecule has 0 aliphatic carbocycles. The lowest BCUT2D eigenvalue weighted by Crippen LogP contribution is -2.44. The van der Waals surface area contributed by atoms with Crippen LogP contribution in [-0.2, 0) is 19.1 Å². The van der Waals surface area contributed by atoms with Gasteiger partial charge in [0, 0.05) is 23.4 Å². The number of hydrogen-bond donors (Lipinski definition) is 1. The maximum atomic E-state index is 13.6. The fourth-order valence-corrected chi connectivity index (χ4v) is 4.34. The molecule has 2 aromatic carbocycles. The Kier molecular flexibility index (Phi) is 10.6. The Labute approximate surface area is 239 Å². The third-order valence-corrected chi connectivity index (χ3v) is 6.78. The third kappa shape index (κ3) is 8.23. The average Bonchev–Trinajstić information content (AvgIpc) is 2.93. The highest BCUT2D eigenvalue weighted by Gasteiger charge is 2.33. The summed E-state index contributed by atoms with van der Waals surface area (Å²) in [5.74, 6) is -2.96. The van der Waals surface area contributed by atoms with Crippen molar-refractivity contribution in [2.24, 2.45) is 5.41 Å². The molecule has 40 heavy (non-hydrogen) atoms. The summed E-state index contributed by atoms with van der Waals surface area (Å²) < 4.78 is 4.90. The van der Waals surface area contributed by atoms with Crippen LogP contribution in [0.2, 0.25) is 0 Å². The minimum atomic E-state index is -1.23. The largest absolute Gasteiger partial charge is 0.386 e. The molecule has 1 aromatic heterocycles. The van der Waals surface area contributed by atoms with E-state index < -0.39 is 35.1 Å². The molecule has 0 unspecified atom stereocenters. The van der Waals surface area contributed by atoms with Crippen molar-refractivity contribution in [1.82, 2.24) is 10.3 Å². The molecule has 1 N–H and O–H groups in total. The molecule has 1 amide bonds. The first-order chi connectivity index (χ1) is 19.0. The van der Waals surface area contributed by atoms with Gasteiger partial charge in [0.15, 0.2) is 0 Å². The Bertz CT molecular complexity index is 1410. The molecule has 0 saturated heterocycles. The first kappa shape index (κ1) is 30.5. The normalized spacial score (nSPS) is 12.1. The van der Waals surface area contributed by atoms with E-state index >= 15 is 0 Å². The zero-order valence-electron chi connectivity index (χ0n) is 23.4. The Morgan fingerprint density at radius 1 is 0.975 bits per heavy atom. The molecule has 3 aromatic rings. The number of carbonyl (C=O) groups is 4. The van der Waals surface area contributed by atoms with E-state index in [0.717, 1.165) is 22.3 Å². The maximum absolute atomic E-state index is 13.6. The van der Waals surface area contributed by atoms with Crippen LogP contribution in [0, 0.1) is 12.3 Å². The van der Waals surface area contributed by atoms with Gasteiger partial charge in [-0.15, -0.1) is 0 Å². The van der Waals surface area contributed by atoms with Gasteiger partial charge >= 0.3 is 11.9 Å². The molecule has 0 fully saturated rings. The van der Waals surface area contributed by atoms with Crippen LogP contribution in [-0.4, -0.2) is 46.7 Å². The molecule has 1 heterocycles. The molecular formula is C32H34N2O5S. The second-order valence-corrected chi connectivity index (χ2v) is 11.3. The number of amides is 1. The maximum Gasteiger partial charge on any atom is 0.382 e. The second kappa shape index (κ2) is 13.8. The third-order valence-electron chi connectivity index (χ3n) is 6.14. The van der Waals surface area contributed by atoms with Crippen LogP contribution in [0.25, 0.3) is 23.3 Å². The average molecular weight is 559 g/mol. The van der Waals surface area contributed by atoms with E-state index in [1.165, 1.54) is 11.8 Å². The molecule has 0 spiro atoms. The van der Waals surface area contributed by atoms with E-state index in [-0.39, 0.29) is 6.42 Å². The van der Waals surface area contributed by atoms with Gasteiger partial charge in [0.05, 0.1) is 0 Å². The smallest absolute Gasteiger partial charge is 0.382 e. The number of ether oxygens (including phenoxy) is 1. The quantitative estimate of drug-likeness (QED) is 0.192. The van der Waals surface area contributed by atoms with E-state index in [9.17, 15) is 19.2 Å². The molecule has 208 valence electrons. The van der Waals surface area contributed by atoms with Crippen LogP contribution in [0.1, 0.15) is 54.2 Å². The van der Waals surface area contributed by atoms with Gasteiger partial charge in [-0.1, -0.05) is 69.3 Å². The minimum Gasteiger partial charge on any atom is -0.386 e. The van der Waals surface area contributed by atoms with Crippen molar-refractivity contribution in [3.05, 3.63) is 89.2 Å². The van der Waals surface area contributed by atoms with Crippen LogP contribution in [0.4, 0.5) is 0 Å². The standard InChI is InChI=1S/C32H34N2O5S/c1-21-9-6-7-11-24(21)26-19-22(12-13-23-10-8-17-33-20-23)14-15-25(26)29(36)34-27(16-18-40-5)30(37)39-31(38)28(35)32(2,3)4/h6-15,17,19-20,27H,16,18H2,1-5H3,(H,34,36)/t27-/m0/s1. The summed E-state index contributed by atoms with van der Waals surface area (Å²) in [7, 11) is 0. The Balaban J connectivity index is 1.93. The number of pyridine rings is 1. The monoisotopic (exact) mass is 558 g/mol. The molecule has 3 rings (SSSR count). The molecule has 0 radical (unpaired) electrons. The number of Topliss-reactive ketones (excluding diaryl/α,β-unsaturated/α-hetero) is 1. The van der Waals surface area contributed by atoms with Gasteiger partial charge in [-0.2, -0.15) is 11.8 Å². The summed E-state index contributed by atoms with van der Waals surface area (Å²) >= 11 is 1.48. The number of ketones is 1. The van der Waals surface area contributed by atoms with Gasteiger partial charge in [0.1, 0.15) is 6.04 Å². The van der Waals surface area contributed by atoms with Crippen LogP contribution in [0.5, 0.6) is 0 Å². The van der Waals surface area contributed by atoms with E-state index in [4.69, 9.17) is 4.74 Å². The fraction of sp³-hybridized carbons (Fsp3) is 0.281. The molecule has 8 heteroatoms. The second-order valence-electron chi connectivity index (χ2n) is 10.3. The molecule has 7 nitrogen and oxygen atoms in total. The Hall–Kier alpha value is -4.04. The van der Waals surface area contributed by atoms with E-state index in [1.54, 1.807) is 39.2 Å². The van der Waals surface area contributed by atoms with Gasteiger partial charge in [-0.05, 0) is 71.4 Å². The van der Waals surface area contributed by atoms with Crippen LogP contribution >= 0.6 is 11.8 Å². The van der Waals surface area contributed by atoms with Crippen molar-refractivity contribution in [2.75, 3.05) is 12.0 Å². The SMILES string of the molecule is CSCC[C@H](NC(=O)c1ccc(C=Cc2cccnc2)cc1-c1ccccc1C)C(=O)OC(=O)C(=O)C(C)(C)C. The highest BCUT2D eigenvalue weighted by Crippen LogP contribution is 2.29. The van der Waals surface area contributed by atoms with Crippen molar-refractivity contribution in [1.29, 1.82) is 0 Å². The number of nitrogens with one attached hydrogen (secondary N) is 1. The zero-order chi connectivity index (χ0) is 29.3. The summed E-state index contributed by atoms with van der Waals surface area (Å²) in [6.07, 6.45) is 9.45. The number of aromatic nitrogens is 1. The van der Waals surface area contributed by atoms with Gasteiger partial charge in [0.2, 0.25) is 5.78 Å². The molecule has 0 aliphatic heterocycles. The fourth-order valence-electron chi connectivity index (χ4n) is 3.86. The molecule has 0 saturated carbocycles. The lowest BCUT2D eigenvalue weighted by atomic mass is 9.91. The lowest BCUT2D eigenvalue weighted by molar-refractivity contribution is -0.167. The highest BCUT2D eigenvalue weighted by molar-refractivity contribution is 7.98. The van der Waals surface area contributed by atoms with Gasteiger partial charge in [-0.25, -0.2) is 9.59 Å². The summed E-state index contributed by atoms with van der Waals surface area (Å²) in [5.41, 5.74) is 3.74. The number of nitrogens with zero attached hydrogens (tertiary/aromatic N) is 1. The zero-order valence-corrected chi connectivity index (χ0v) is 24.2. The lowest BCUT2D eigenvalue weighted by Gasteiger charge is -2.20. The number of rotatable bonds is 10. The van der Waals surface area contributed by atoms with Crippen LogP contribution < -0.4 is 5.32 Å². The van der Waals surface area contributed by atoms with Gasteiger partial charge in [-0.3, -0.25) is 14.6 Å². The highest BCUT2D eigenvalue weighted by atomic mass is 32.2. The van der Waals surface area contributed by atoms with Crippen molar-refractivity contribution in [3.63, 3.8) is 0 Å². The number of hydrogen-bond acceptors (Lipinski definition) is 7. The Morgan fingerprint density at radius 2 is 1.70 bits per heavy atom. The van der Waals surface area contributed by atoms with Crippen LogP contribution in [0.3, 0.4) is 0 Å². The summed E-state index contributed by atoms with van der Waals surface area (Å²) in [5, 5.41) is 2.74. The Morgan fingerprint density at radius 3 is 2.35 bits per heavy atom. The van der Waals surface area contributed by atoms with Crippen molar-refractivity contribution in [2.45, 2.75) is 40.2 Å². The van der Waals surface area contributed by atoms with Gasteiger partial charge < -0.3 is 10.1 Å². The molecule has 0 bridgehead atoms. The predicted octanol–water partition coefficient (Wildman–Crippen LogP) is 5.76. The number of benzene rings is 2. The molecule has 0 aliphatic rings. The van der Waals surface area contributed by atoms with E-state index in [2.05, 4.69) is 10.3 Å². The van der Waals surface area contributed by atoms with Crippen molar-refractivity contribution in [3.8, 4) is 11.1 Å². The first-order valence-electron chi connectivity index (χ1n) is 12.9. The van der Waals surface area contributed by atoms with Crippen molar-refractivity contribution < 1.29 is 23.9 Å². The first-order valence-corrected chi connectivity index (χ1v) is 14.3. The van der Waals surface area contributed by atoms with E-state index in [0.29, 0.717) is 16.9 Å². The number of aryl methyl sites for hydroxylation is 1. The number of carbonyl (C=O) groups excluding carboxylic acids is 4. The molecular weight excluding hydrogens is 524 g/mol. The minimum absolute atomic E-state index is 0.231. The van der Waals surface area contributed by atoms with Crippen LogP contribution in [0.15, 0.2) is 67.0 Å². The van der Waals surface area contributed by atoms with E-state index in [1.807, 2.05) is 73.9 Å². The number of esters is 2. The predicted molar refractivity (Wildman–Crippen MR) is 160 cm³/mol. The number of thioether (sulfide) groups is 1. The van der Waals surface area contributed by atoms with Crippen molar-refractivity contribution >= 4 is 47.5 Å². The summed E-state index contributed by atoms with van der Waals surface area (Å²) in [4.78, 5) is 55.2. The molecule has 1 atom stereocenters. The summed E-state index contributed by atoms with van der Waals surface area (Å²) in [6.45, 7) is 6.66. The topological polar surface area (TPSA) is 102 Å². The summed E-state index contributed by atoms with van der Waals surface area (Å²) in [6, 6.07) is 15.9. The van der Waals surface area contributed by atoms with Gasteiger partial charge in [0.25, 0.3) is 5.91 Å².